The number of thiazole rings is 1. The number of nitrogens with zero attached hydrogens (tertiary/aromatic N) is 4. The molecule has 134 valence electrons. The van der Waals surface area contributed by atoms with Crippen LogP contribution in [0.15, 0.2) is 5.38 Å². The molecule has 0 aromatic carbocycles. The molecule has 0 spiro atoms. The van der Waals surface area contributed by atoms with E-state index in [1.165, 1.54) is 0 Å². The monoisotopic (exact) mass is 352 g/mol. The Balaban J connectivity index is 1.87. The Hall–Kier alpha value is -1.63. The molecular formula is C17H28N4O2S. The molecule has 0 aliphatic carbocycles. The van der Waals surface area contributed by atoms with Crippen LogP contribution in [-0.2, 0) is 11.2 Å². The van der Waals surface area contributed by atoms with Gasteiger partial charge in [0.1, 0.15) is 0 Å². The summed E-state index contributed by atoms with van der Waals surface area (Å²) in [6, 6.07) is 0.00840. The average Bonchev–Trinajstić information content (AvgIpc) is 2.90. The number of piperazine rings is 1. The fourth-order valence-corrected chi connectivity index (χ4v) is 3.79. The van der Waals surface area contributed by atoms with Crippen molar-refractivity contribution in [1.29, 1.82) is 0 Å². The molecule has 1 aliphatic heterocycles. The van der Waals surface area contributed by atoms with Crippen molar-refractivity contribution in [3.8, 4) is 0 Å². The maximum atomic E-state index is 12.6. The van der Waals surface area contributed by atoms with Crippen LogP contribution in [0.4, 0.5) is 4.79 Å². The minimum absolute atomic E-state index is 0.00840. The third-order valence-electron chi connectivity index (χ3n) is 4.35. The molecule has 3 amide bonds. The normalized spacial score (nSPS) is 17.0. The van der Waals surface area contributed by atoms with Crippen molar-refractivity contribution in [3.63, 3.8) is 0 Å². The molecule has 7 heteroatoms. The summed E-state index contributed by atoms with van der Waals surface area (Å²) < 4.78 is 0. The van der Waals surface area contributed by atoms with Crippen LogP contribution in [0.5, 0.6) is 0 Å². The van der Waals surface area contributed by atoms with Crippen LogP contribution >= 0.6 is 11.3 Å². The topological polar surface area (TPSA) is 56.8 Å². The molecule has 1 aromatic heterocycles. The second-order valence-corrected chi connectivity index (χ2v) is 8.23. The Morgan fingerprint density at radius 2 is 2.04 bits per heavy atom. The number of amides is 3. The zero-order valence-electron chi connectivity index (χ0n) is 15.3. The lowest BCUT2D eigenvalue weighted by molar-refractivity contribution is -0.139. The van der Waals surface area contributed by atoms with Gasteiger partial charge in [-0.2, -0.15) is 0 Å². The van der Waals surface area contributed by atoms with Crippen LogP contribution in [0.2, 0.25) is 0 Å². The molecule has 6 nitrogen and oxygen atoms in total. The lowest BCUT2D eigenvalue weighted by Crippen LogP contribution is -2.63. The second-order valence-electron chi connectivity index (χ2n) is 7.17. The van der Waals surface area contributed by atoms with Crippen LogP contribution in [0, 0.1) is 6.92 Å². The quantitative estimate of drug-likeness (QED) is 0.836. The molecule has 2 heterocycles. The van der Waals surface area contributed by atoms with Crippen LogP contribution in [0.25, 0.3) is 0 Å². The summed E-state index contributed by atoms with van der Waals surface area (Å²) >= 11 is 1.65. The summed E-state index contributed by atoms with van der Waals surface area (Å²) in [5.74, 6) is 0.170. The summed E-state index contributed by atoms with van der Waals surface area (Å²) in [6.45, 7) is 7.82. The molecule has 0 N–H and O–H groups in total. The molecule has 1 saturated heterocycles. The largest absolute Gasteiger partial charge is 0.334 e. The fraction of sp³-hybridized carbons (Fsp3) is 0.706. The lowest BCUT2D eigenvalue weighted by Gasteiger charge is -2.47. The van der Waals surface area contributed by atoms with Gasteiger partial charge >= 0.3 is 6.03 Å². The second kappa shape index (κ2) is 7.51. The van der Waals surface area contributed by atoms with E-state index in [9.17, 15) is 9.59 Å². The summed E-state index contributed by atoms with van der Waals surface area (Å²) in [5, 5.41) is 3.13. The highest BCUT2D eigenvalue weighted by atomic mass is 32.1. The van der Waals surface area contributed by atoms with E-state index in [2.05, 4.69) is 10.4 Å². The van der Waals surface area contributed by atoms with E-state index in [0.717, 1.165) is 23.5 Å². The molecule has 0 bridgehead atoms. The maximum Gasteiger partial charge on any atom is 0.319 e. The van der Waals surface area contributed by atoms with Gasteiger partial charge in [-0.25, -0.2) is 9.78 Å². The minimum atomic E-state index is -0.335. The minimum Gasteiger partial charge on any atom is -0.334 e. The van der Waals surface area contributed by atoms with Gasteiger partial charge in [0.2, 0.25) is 5.91 Å². The molecule has 24 heavy (non-hydrogen) atoms. The van der Waals surface area contributed by atoms with Crippen LogP contribution in [-0.4, -0.2) is 70.9 Å². The number of aromatic nitrogens is 1. The first-order valence-electron chi connectivity index (χ1n) is 8.38. The Kier molecular flexibility index (Phi) is 5.85. The molecule has 0 unspecified atom stereocenters. The molecule has 0 saturated carbocycles. The Morgan fingerprint density at radius 3 is 2.58 bits per heavy atom. The zero-order chi connectivity index (χ0) is 17.9. The lowest BCUT2D eigenvalue weighted by atomic mass is 9.98. The maximum absolute atomic E-state index is 12.6. The molecular weight excluding hydrogens is 324 g/mol. The van der Waals surface area contributed by atoms with Crippen molar-refractivity contribution >= 4 is 23.3 Å². The van der Waals surface area contributed by atoms with Gasteiger partial charge in [-0.05, 0) is 33.6 Å². The van der Waals surface area contributed by atoms with Gasteiger partial charge in [-0.15, -0.1) is 11.3 Å². The number of hydrogen-bond donors (Lipinski definition) is 0. The molecule has 1 fully saturated rings. The van der Waals surface area contributed by atoms with Crippen molar-refractivity contribution < 1.29 is 9.59 Å². The van der Waals surface area contributed by atoms with E-state index in [0.29, 0.717) is 26.1 Å². The first-order chi connectivity index (χ1) is 11.2. The molecule has 0 radical (unpaired) electrons. The van der Waals surface area contributed by atoms with Gasteiger partial charge in [0.15, 0.2) is 0 Å². The van der Waals surface area contributed by atoms with Crippen LogP contribution in [0.1, 0.15) is 37.4 Å². The highest BCUT2D eigenvalue weighted by Gasteiger charge is 2.38. The number of carbonyl (C=O) groups excluding carboxylic acids is 2. The fourth-order valence-electron chi connectivity index (χ4n) is 3.14. The number of carbonyl (C=O) groups is 2. The van der Waals surface area contributed by atoms with Crippen molar-refractivity contribution in [2.24, 2.45) is 0 Å². The highest BCUT2D eigenvalue weighted by Crippen LogP contribution is 2.23. The Labute approximate surface area is 148 Å². The summed E-state index contributed by atoms with van der Waals surface area (Å²) in [6.07, 6.45) is 2.19. The van der Waals surface area contributed by atoms with Gasteiger partial charge in [0.05, 0.1) is 16.2 Å². The molecule has 0 atom stereocenters. The first kappa shape index (κ1) is 18.7. The van der Waals surface area contributed by atoms with Gasteiger partial charge in [-0.3, -0.25) is 4.79 Å². The summed E-state index contributed by atoms with van der Waals surface area (Å²) in [4.78, 5) is 34.5. The van der Waals surface area contributed by atoms with Gasteiger partial charge in [0, 0.05) is 45.5 Å². The average molecular weight is 353 g/mol. The third kappa shape index (κ3) is 4.47. The SMILES string of the molecule is Cc1nc(CCCC(=O)N2CCN(C(=O)N(C)C)CC2(C)C)cs1. The molecule has 2 rings (SSSR count). The van der Waals surface area contributed by atoms with E-state index in [1.807, 2.05) is 30.6 Å². The standard InChI is InChI=1S/C17H28N4O2S/c1-13-18-14(11-24-13)7-6-8-15(22)21-10-9-20(12-17(21,2)3)16(23)19(4)5/h11H,6-10,12H2,1-5H3. The van der Waals surface area contributed by atoms with Gasteiger partial charge in [-0.1, -0.05) is 0 Å². The molecule has 1 aromatic rings. The summed E-state index contributed by atoms with van der Waals surface area (Å²) in [5.41, 5.74) is 0.740. The number of aryl methyl sites for hydroxylation is 2. The van der Waals surface area contributed by atoms with E-state index in [4.69, 9.17) is 0 Å². The van der Waals surface area contributed by atoms with E-state index in [-0.39, 0.29) is 17.5 Å². The predicted octanol–water partition coefficient (Wildman–Crippen LogP) is 2.38. The van der Waals surface area contributed by atoms with Crippen molar-refractivity contribution in [2.75, 3.05) is 33.7 Å². The van der Waals surface area contributed by atoms with Gasteiger partial charge < -0.3 is 14.7 Å². The Bertz CT molecular complexity index is 597. The van der Waals surface area contributed by atoms with Gasteiger partial charge in [0.25, 0.3) is 0 Å². The third-order valence-corrected chi connectivity index (χ3v) is 5.17. The van der Waals surface area contributed by atoms with E-state index < -0.39 is 0 Å². The van der Waals surface area contributed by atoms with Crippen LogP contribution < -0.4 is 0 Å². The smallest absolute Gasteiger partial charge is 0.319 e. The first-order valence-corrected chi connectivity index (χ1v) is 9.26. The highest BCUT2D eigenvalue weighted by molar-refractivity contribution is 7.09. The number of hydrogen-bond acceptors (Lipinski definition) is 4. The van der Waals surface area contributed by atoms with E-state index >= 15 is 0 Å². The molecule has 1 aliphatic rings. The Morgan fingerprint density at radius 1 is 1.33 bits per heavy atom. The summed E-state index contributed by atoms with van der Waals surface area (Å²) in [7, 11) is 3.51. The van der Waals surface area contributed by atoms with Crippen molar-refractivity contribution in [3.05, 3.63) is 16.1 Å². The predicted molar refractivity (Wildman–Crippen MR) is 96.2 cm³/mol. The van der Waals surface area contributed by atoms with Crippen molar-refractivity contribution in [2.45, 2.75) is 45.6 Å². The van der Waals surface area contributed by atoms with Crippen LogP contribution in [0.3, 0.4) is 0 Å². The van der Waals surface area contributed by atoms with Crippen molar-refractivity contribution in [1.82, 2.24) is 19.7 Å². The van der Waals surface area contributed by atoms with E-state index in [1.54, 1.807) is 30.3 Å². The number of rotatable bonds is 4. The number of urea groups is 1. The zero-order valence-corrected chi connectivity index (χ0v) is 16.2.